The lowest BCUT2D eigenvalue weighted by molar-refractivity contribution is -0.150. The number of carbonyl (C=O) groups is 2. The second-order valence-corrected chi connectivity index (χ2v) is 10.8. The van der Waals surface area contributed by atoms with Gasteiger partial charge in [0.15, 0.2) is 0 Å². The van der Waals surface area contributed by atoms with Crippen molar-refractivity contribution in [2.45, 2.75) is 38.0 Å². The lowest BCUT2D eigenvalue weighted by Crippen LogP contribution is -2.35. The minimum Gasteiger partial charge on any atom is -0.465 e. The number of ketones is 1. The number of fused-ring (bicyclic) bond motifs is 3. The van der Waals surface area contributed by atoms with Gasteiger partial charge in [-0.1, -0.05) is 66.2 Å². The van der Waals surface area contributed by atoms with Crippen LogP contribution in [0, 0.1) is 12.3 Å². The van der Waals surface area contributed by atoms with Crippen molar-refractivity contribution in [1.82, 2.24) is 0 Å². The largest absolute Gasteiger partial charge is 0.465 e. The molecule has 0 bridgehead atoms. The van der Waals surface area contributed by atoms with Crippen LogP contribution >= 0.6 is 0 Å². The fourth-order valence-electron chi connectivity index (χ4n) is 4.24. The van der Waals surface area contributed by atoms with Gasteiger partial charge in [0.1, 0.15) is 12.4 Å². The van der Waals surface area contributed by atoms with Crippen LogP contribution in [0.5, 0.6) is 0 Å². The van der Waals surface area contributed by atoms with E-state index in [1.807, 2.05) is 43.3 Å². The molecule has 0 fully saturated rings. The first-order chi connectivity index (χ1) is 16.6. The van der Waals surface area contributed by atoms with Crippen molar-refractivity contribution in [1.29, 1.82) is 0 Å². The average molecular weight is 493 g/mol. The third-order valence-electron chi connectivity index (χ3n) is 6.60. The van der Waals surface area contributed by atoms with E-state index >= 15 is 0 Å². The van der Waals surface area contributed by atoms with Crippen LogP contribution in [0.3, 0.4) is 0 Å². The van der Waals surface area contributed by atoms with Crippen LogP contribution in [0.1, 0.15) is 42.9 Å². The predicted octanol–water partition coefficient (Wildman–Crippen LogP) is 5.04. The number of hydrogen-bond acceptors (Lipinski definition) is 6. The summed E-state index contributed by atoms with van der Waals surface area (Å²) in [5.74, 6) is -1.04. The second kappa shape index (κ2) is 9.76. The molecule has 4 rings (SSSR count). The highest BCUT2D eigenvalue weighted by molar-refractivity contribution is 7.86. The maximum atomic E-state index is 12.8. The fourth-order valence-corrected chi connectivity index (χ4v) is 5.26. The van der Waals surface area contributed by atoms with E-state index < -0.39 is 28.1 Å². The van der Waals surface area contributed by atoms with Crippen molar-refractivity contribution >= 4 is 21.9 Å². The molecule has 0 amide bonds. The molecular formula is C28H28O6S. The molecule has 7 heteroatoms. The third-order valence-corrected chi connectivity index (χ3v) is 7.88. The van der Waals surface area contributed by atoms with Gasteiger partial charge in [0, 0.05) is 5.92 Å². The summed E-state index contributed by atoms with van der Waals surface area (Å²) in [6, 6.07) is 22.2. The van der Waals surface area contributed by atoms with Gasteiger partial charge in [-0.15, -0.1) is 0 Å². The molecule has 0 saturated heterocycles. The van der Waals surface area contributed by atoms with Gasteiger partial charge in [-0.3, -0.25) is 13.8 Å². The summed E-state index contributed by atoms with van der Waals surface area (Å²) in [4.78, 5) is 25.2. The van der Waals surface area contributed by atoms with Crippen LogP contribution in [0.2, 0.25) is 0 Å². The Hall–Kier alpha value is -3.29. The molecule has 0 aromatic heterocycles. The Bertz CT molecular complexity index is 1310. The molecule has 0 aliphatic heterocycles. The smallest absolute Gasteiger partial charge is 0.306 e. The number of carbonyl (C=O) groups excluding carboxylic acids is 2. The summed E-state index contributed by atoms with van der Waals surface area (Å²) in [6.45, 7) is 4.35. The fraction of sp³-hybridized carbons (Fsp3) is 0.286. The summed E-state index contributed by atoms with van der Waals surface area (Å²) >= 11 is 0. The molecule has 35 heavy (non-hydrogen) atoms. The van der Waals surface area contributed by atoms with Crippen LogP contribution in [-0.4, -0.2) is 33.4 Å². The molecule has 1 atom stereocenters. The van der Waals surface area contributed by atoms with Crippen LogP contribution in [0.15, 0.2) is 77.7 Å². The molecule has 6 nitrogen and oxygen atoms in total. The number of esters is 1. The molecule has 0 heterocycles. The highest BCUT2D eigenvalue weighted by Crippen LogP contribution is 2.44. The monoisotopic (exact) mass is 492 g/mol. The minimum absolute atomic E-state index is 0.00450. The van der Waals surface area contributed by atoms with Crippen LogP contribution in [-0.2, 0) is 28.6 Å². The van der Waals surface area contributed by atoms with Crippen molar-refractivity contribution < 1.29 is 26.9 Å². The topological polar surface area (TPSA) is 86.7 Å². The summed E-state index contributed by atoms with van der Waals surface area (Å²) < 4.78 is 36.0. The Kier molecular flexibility index (Phi) is 6.92. The van der Waals surface area contributed by atoms with Crippen molar-refractivity contribution in [3.05, 3.63) is 89.5 Å². The Morgan fingerprint density at radius 3 is 1.97 bits per heavy atom. The highest BCUT2D eigenvalue weighted by Gasteiger charge is 2.37. The molecular weight excluding hydrogens is 464 g/mol. The predicted molar refractivity (Wildman–Crippen MR) is 132 cm³/mol. The van der Waals surface area contributed by atoms with Gasteiger partial charge >= 0.3 is 5.97 Å². The molecule has 1 aliphatic carbocycles. The summed E-state index contributed by atoms with van der Waals surface area (Å²) in [5, 5.41) is 0. The molecule has 1 aliphatic rings. The number of rotatable bonds is 9. The van der Waals surface area contributed by atoms with Crippen LogP contribution < -0.4 is 0 Å². The molecule has 3 aromatic rings. The Morgan fingerprint density at radius 1 is 0.886 bits per heavy atom. The van der Waals surface area contributed by atoms with Crippen LogP contribution in [0.4, 0.5) is 0 Å². The van der Waals surface area contributed by atoms with E-state index in [4.69, 9.17) is 8.92 Å². The van der Waals surface area contributed by atoms with Gasteiger partial charge in [-0.05, 0) is 55.2 Å². The van der Waals surface area contributed by atoms with E-state index in [1.54, 1.807) is 12.1 Å². The molecule has 1 unspecified atom stereocenters. The van der Waals surface area contributed by atoms with Gasteiger partial charge in [-0.25, -0.2) is 0 Å². The molecule has 0 saturated carbocycles. The number of ether oxygens (including phenoxy) is 1. The van der Waals surface area contributed by atoms with Crippen molar-refractivity contribution in [3.63, 3.8) is 0 Å². The lowest BCUT2D eigenvalue weighted by atomic mass is 9.84. The Balaban J connectivity index is 1.43. The van der Waals surface area contributed by atoms with Gasteiger partial charge in [0.2, 0.25) is 0 Å². The highest BCUT2D eigenvalue weighted by atomic mass is 32.2. The molecule has 0 spiro atoms. The second-order valence-electron chi connectivity index (χ2n) is 9.23. The summed E-state index contributed by atoms with van der Waals surface area (Å²) in [5.41, 5.74) is 3.97. The van der Waals surface area contributed by atoms with E-state index in [0.29, 0.717) is 0 Å². The van der Waals surface area contributed by atoms with Crippen LogP contribution in [0.25, 0.3) is 11.1 Å². The zero-order chi connectivity index (χ0) is 25.2. The summed E-state index contributed by atoms with van der Waals surface area (Å²) in [6.07, 6.45) is -0.290. The first-order valence-electron chi connectivity index (χ1n) is 11.4. The Labute approximate surface area is 206 Å². The van der Waals surface area contributed by atoms with E-state index in [9.17, 15) is 18.0 Å². The normalized spacial score (nSPS) is 14.6. The lowest BCUT2D eigenvalue weighted by Gasteiger charge is -2.25. The first kappa shape index (κ1) is 24.8. The van der Waals surface area contributed by atoms with Gasteiger partial charge in [0.25, 0.3) is 10.1 Å². The van der Waals surface area contributed by atoms with Crippen molar-refractivity contribution in [3.8, 4) is 11.1 Å². The number of hydrogen-bond donors (Lipinski definition) is 0. The molecule has 3 aromatic carbocycles. The maximum Gasteiger partial charge on any atom is 0.306 e. The van der Waals surface area contributed by atoms with E-state index in [-0.39, 0.29) is 29.6 Å². The van der Waals surface area contributed by atoms with E-state index in [2.05, 4.69) is 12.1 Å². The zero-order valence-electron chi connectivity index (χ0n) is 20.0. The summed E-state index contributed by atoms with van der Waals surface area (Å²) in [7, 11) is -4.08. The van der Waals surface area contributed by atoms with Gasteiger partial charge in [-0.2, -0.15) is 8.42 Å². The van der Waals surface area contributed by atoms with Crippen molar-refractivity contribution in [2.75, 3.05) is 13.2 Å². The van der Waals surface area contributed by atoms with Gasteiger partial charge in [0.05, 0.1) is 23.3 Å². The standard InChI is InChI=1S/C28H28O6S/c1-19-12-14-21(15-13-19)35(31,32)34-18-28(3,20(2)29)16-27(30)33-17-26-24-10-6-4-8-22(24)23-9-5-7-11-25(23)26/h4-15,26H,16-18H2,1-3H3. The van der Waals surface area contributed by atoms with Gasteiger partial charge < -0.3 is 4.74 Å². The zero-order valence-corrected chi connectivity index (χ0v) is 20.8. The SMILES string of the molecule is CC(=O)C(C)(COS(=O)(=O)c1ccc(C)cc1)CC(=O)OCC1c2ccccc2-c2ccccc21. The maximum absolute atomic E-state index is 12.8. The number of aryl methyl sites for hydroxylation is 1. The molecule has 0 radical (unpaired) electrons. The van der Waals surface area contributed by atoms with Crippen molar-refractivity contribution in [2.24, 2.45) is 5.41 Å². The number of benzene rings is 3. The van der Waals surface area contributed by atoms with E-state index in [0.717, 1.165) is 27.8 Å². The van der Waals surface area contributed by atoms with E-state index in [1.165, 1.54) is 26.0 Å². The molecule has 182 valence electrons. The quantitative estimate of drug-likeness (QED) is 0.307. The minimum atomic E-state index is -4.08. The third kappa shape index (κ3) is 5.21. The Morgan fingerprint density at radius 2 is 1.43 bits per heavy atom. The average Bonchev–Trinajstić information content (AvgIpc) is 3.15. The number of Topliss-reactive ketones (excluding diaryl/α,β-unsaturated/α-hetero) is 1. The molecule has 0 N–H and O–H groups in total. The first-order valence-corrected chi connectivity index (χ1v) is 12.8.